The highest BCUT2D eigenvalue weighted by Gasteiger charge is 2.56. The minimum Gasteiger partial charge on any atom is -0.454 e. The summed E-state index contributed by atoms with van der Waals surface area (Å²) in [7, 11) is 0. The molecule has 1 spiro atoms. The molecule has 0 radical (unpaired) electrons. The molecule has 0 aromatic heterocycles. The van der Waals surface area contributed by atoms with Crippen LogP contribution in [-0.2, 0) is 23.9 Å². The van der Waals surface area contributed by atoms with Crippen molar-refractivity contribution in [1.29, 1.82) is 0 Å². The van der Waals surface area contributed by atoms with E-state index in [1.54, 1.807) is 0 Å². The number of thioether (sulfide) groups is 1. The molecular formula is C20H28N4O7S. The van der Waals surface area contributed by atoms with Crippen LogP contribution in [-0.4, -0.2) is 82.3 Å². The van der Waals surface area contributed by atoms with E-state index in [2.05, 4.69) is 10.6 Å². The van der Waals surface area contributed by atoms with Gasteiger partial charge in [-0.15, -0.1) is 0 Å². The van der Waals surface area contributed by atoms with Crippen molar-refractivity contribution in [2.75, 3.05) is 32.0 Å². The lowest BCUT2D eigenvalue weighted by molar-refractivity contribution is -0.151. The molecule has 0 aromatic carbocycles. The Morgan fingerprint density at radius 1 is 1.19 bits per heavy atom. The van der Waals surface area contributed by atoms with Crippen LogP contribution in [0.15, 0.2) is 0 Å². The zero-order valence-corrected chi connectivity index (χ0v) is 19.2. The minimum absolute atomic E-state index is 0.0257. The first kappa shape index (κ1) is 24.0. The van der Waals surface area contributed by atoms with Crippen molar-refractivity contribution in [3.8, 4) is 0 Å². The molecule has 176 valence electrons. The second kappa shape index (κ2) is 9.08. The quantitative estimate of drug-likeness (QED) is 0.406. The van der Waals surface area contributed by atoms with Crippen molar-refractivity contribution >= 4 is 46.7 Å². The monoisotopic (exact) mass is 468 g/mol. The summed E-state index contributed by atoms with van der Waals surface area (Å²) in [6.07, 6.45) is 1.94. The fourth-order valence-corrected chi connectivity index (χ4v) is 5.68. The third-order valence-electron chi connectivity index (χ3n) is 5.77. The fourth-order valence-electron chi connectivity index (χ4n) is 4.93. The molecule has 2 saturated heterocycles. The highest BCUT2D eigenvalue weighted by molar-refractivity contribution is 8.14. The van der Waals surface area contributed by atoms with Crippen molar-refractivity contribution in [2.45, 2.75) is 45.6 Å². The zero-order chi connectivity index (χ0) is 23.7. The maximum Gasteiger partial charge on any atom is 0.326 e. The number of amides is 6. The maximum absolute atomic E-state index is 13.0. The second-order valence-corrected chi connectivity index (χ2v) is 10.3. The van der Waals surface area contributed by atoms with Gasteiger partial charge in [0.1, 0.15) is 12.1 Å². The van der Waals surface area contributed by atoms with Crippen molar-refractivity contribution in [2.24, 2.45) is 11.3 Å². The standard InChI is InChI=1S/C20H28N4O7S/c1-12-6-19(2,3)11-20(7-12)16(28)24(17(29)22-20)8-15(27)31-9-13(25)21-4-5-23-14(26)10-32-18(23)30/h12H,4-11H2,1-3H3,(H,21,25)(H,22,29)/t12-,20-/m1/s1. The molecule has 6 amide bonds. The van der Waals surface area contributed by atoms with E-state index in [0.717, 1.165) is 28.0 Å². The minimum atomic E-state index is -1.02. The average Bonchev–Trinajstić information content (AvgIpc) is 3.10. The summed E-state index contributed by atoms with van der Waals surface area (Å²) in [5.74, 6) is -1.94. The van der Waals surface area contributed by atoms with Crippen LogP contribution < -0.4 is 10.6 Å². The van der Waals surface area contributed by atoms with E-state index < -0.39 is 42.5 Å². The molecule has 1 saturated carbocycles. The summed E-state index contributed by atoms with van der Waals surface area (Å²) in [4.78, 5) is 74.3. The largest absolute Gasteiger partial charge is 0.454 e. The Labute approximate surface area is 189 Å². The first-order valence-corrected chi connectivity index (χ1v) is 11.4. The molecule has 2 aliphatic heterocycles. The number of ether oxygens (including phenoxy) is 1. The molecule has 0 bridgehead atoms. The summed E-state index contributed by atoms with van der Waals surface area (Å²) >= 11 is 0.900. The van der Waals surface area contributed by atoms with Gasteiger partial charge in [-0.2, -0.15) is 0 Å². The summed E-state index contributed by atoms with van der Waals surface area (Å²) in [5, 5.41) is 4.86. The molecule has 0 aromatic rings. The average molecular weight is 469 g/mol. The summed E-state index contributed by atoms with van der Waals surface area (Å²) < 4.78 is 4.89. The number of nitrogens with zero attached hydrogens (tertiary/aromatic N) is 2. The highest BCUT2D eigenvalue weighted by Crippen LogP contribution is 2.46. The number of hydrogen-bond donors (Lipinski definition) is 2. The van der Waals surface area contributed by atoms with Gasteiger partial charge >= 0.3 is 12.0 Å². The number of hydrogen-bond acceptors (Lipinski definition) is 8. The van der Waals surface area contributed by atoms with E-state index in [-0.39, 0.29) is 41.3 Å². The smallest absolute Gasteiger partial charge is 0.326 e. The summed E-state index contributed by atoms with van der Waals surface area (Å²) in [5.41, 5.74) is -1.14. The van der Waals surface area contributed by atoms with E-state index in [1.807, 2.05) is 20.8 Å². The van der Waals surface area contributed by atoms with Crippen molar-refractivity contribution < 1.29 is 33.5 Å². The van der Waals surface area contributed by atoms with Crippen LogP contribution in [0.25, 0.3) is 0 Å². The van der Waals surface area contributed by atoms with Gasteiger partial charge < -0.3 is 15.4 Å². The van der Waals surface area contributed by atoms with Crippen molar-refractivity contribution in [3.63, 3.8) is 0 Å². The van der Waals surface area contributed by atoms with Crippen LogP contribution >= 0.6 is 11.8 Å². The molecule has 11 nitrogen and oxygen atoms in total. The van der Waals surface area contributed by atoms with Gasteiger partial charge in [0.25, 0.3) is 17.1 Å². The van der Waals surface area contributed by atoms with Crippen LogP contribution in [0, 0.1) is 11.3 Å². The molecule has 2 atom stereocenters. The van der Waals surface area contributed by atoms with Crippen molar-refractivity contribution in [3.05, 3.63) is 0 Å². The van der Waals surface area contributed by atoms with E-state index in [0.29, 0.717) is 12.8 Å². The van der Waals surface area contributed by atoms with Gasteiger partial charge in [0.2, 0.25) is 5.91 Å². The predicted molar refractivity (Wildman–Crippen MR) is 113 cm³/mol. The summed E-state index contributed by atoms with van der Waals surface area (Å²) in [6, 6.07) is -0.640. The van der Waals surface area contributed by atoms with Gasteiger partial charge in [0, 0.05) is 13.1 Å². The molecule has 2 N–H and O–H groups in total. The Balaban J connectivity index is 1.45. The van der Waals surface area contributed by atoms with Gasteiger partial charge in [-0.05, 0) is 30.6 Å². The first-order valence-electron chi connectivity index (χ1n) is 10.5. The van der Waals surface area contributed by atoms with Gasteiger partial charge in [0.15, 0.2) is 6.61 Å². The van der Waals surface area contributed by atoms with Crippen molar-refractivity contribution in [1.82, 2.24) is 20.4 Å². The number of nitrogens with one attached hydrogen (secondary N) is 2. The topological polar surface area (TPSA) is 142 Å². The lowest BCUT2D eigenvalue weighted by atomic mass is 9.64. The first-order chi connectivity index (χ1) is 14.9. The molecule has 1 aliphatic carbocycles. The number of imide groups is 2. The Morgan fingerprint density at radius 3 is 2.53 bits per heavy atom. The Hall–Kier alpha value is -2.63. The third kappa shape index (κ3) is 5.22. The Morgan fingerprint density at radius 2 is 1.91 bits per heavy atom. The van der Waals surface area contributed by atoms with Gasteiger partial charge in [0.05, 0.1) is 5.75 Å². The van der Waals surface area contributed by atoms with Crippen LogP contribution in [0.2, 0.25) is 0 Å². The van der Waals surface area contributed by atoms with E-state index in [9.17, 15) is 28.8 Å². The normalized spacial score (nSPS) is 27.2. The van der Waals surface area contributed by atoms with Gasteiger partial charge in [-0.1, -0.05) is 32.5 Å². The number of rotatable bonds is 7. The van der Waals surface area contributed by atoms with E-state index >= 15 is 0 Å². The summed E-state index contributed by atoms with van der Waals surface area (Å²) in [6.45, 7) is 5.01. The molecule has 12 heteroatoms. The Bertz CT molecular complexity index is 845. The lowest BCUT2D eigenvalue weighted by Gasteiger charge is -2.43. The predicted octanol–water partition coefficient (Wildman–Crippen LogP) is 0.478. The van der Waals surface area contributed by atoms with E-state index in [4.69, 9.17) is 4.74 Å². The van der Waals surface area contributed by atoms with Crippen LogP contribution in [0.3, 0.4) is 0 Å². The lowest BCUT2D eigenvalue weighted by Crippen LogP contribution is -2.54. The number of carbonyl (C=O) groups excluding carboxylic acids is 6. The SMILES string of the molecule is C[C@@H]1CC(C)(C)C[C@@]2(C1)NC(=O)N(CC(=O)OCC(=O)NCCN1C(=O)CSC1=O)C2=O. The molecule has 2 heterocycles. The van der Waals surface area contributed by atoms with E-state index in [1.165, 1.54) is 0 Å². The zero-order valence-electron chi connectivity index (χ0n) is 18.4. The third-order valence-corrected chi connectivity index (χ3v) is 6.63. The number of urea groups is 1. The van der Waals surface area contributed by atoms with Gasteiger partial charge in [-0.3, -0.25) is 33.8 Å². The number of carbonyl (C=O) groups is 6. The van der Waals surface area contributed by atoms with Crippen LogP contribution in [0.4, 0.5) is 9.59 Å². The molecule has 3 rings (SSSR count). The molecule has 3 aliphatic rings. The second-order valence-electron chi connectivity index (χ2n) is 9.37. The number of esters is 1. The molecular weight excluding hydrogens is 440 g/mol. The molecule has 0 unspecified atom stereocenters. The van der Waals surface area contributed by atoms with Crippen LogP contribution in [0.5, 0.6) is 0 Å². The highest BCUT2D eigenvalue weighted by atomic mass is 32.2. The fraction of sp³-hybridized carbons (Fsp3) is 0.700. The molecule has 32 heavy (non-hydrogen) atoms. The Kier molecular flexibility index (Phi) is 6.82. The van der Waals surface area contributed by atoms with Gasteiger partial charge in [-0.25, -0.2) is 4.79 Å². The maximum atomic E-state index is 13.0. The molecule has 3 fully saturated rings. The van der Waals surface area contributed by atoms with Crippen LogP contribution in [0.1, 0.15) is 40.0 Å².